The molecule has 0 atom stereocenters. The lowest BCUT2D eigenvalue weighted by molar-refractivity contribution is -0.185. The largest absolute Gasteiger partial charge is 0.429 e. The van der Waals surface area contributed by atoms with E-state index in [1.54, 1.807) is 24.3 Å². The first-order valence-electron chi connectivity index (χ1n) is 9.81. The predicted octanol–water partition coefficient (Wildman–Crippen LogP) is 7.40. The average Bonchev–Trinajstić information content (AvgIpc) is 2.68. The minimum Gasteiger partial charge on any atom is -0.429 e. The first kappa shape index (κ1) is 20.2. The van der Waals surface area contributed by atoms with Gasteiger partial charge in [0.25, 0.3) is 0 Å². The van der Waals surface area contributed by atoms with E-state index in [9.17, 15) is 13.2 Å². The van der Waals surface area contributed by atoms with Gasteiger partial charge in [-0.15, -0.1) is 0 Å². The van der Waals surface area contributed by atoms with E-state index in [1.165, 1.54) is 30.3 Å². The lowest BCUT2D eigenvalue weighted by atomic mass is 10.0. The number of hydrogen-bond acceptors (Lipinski definition) is 1. The third-order valence-electron chi connectivity index (χ3n) is 4.97. The molecule has 148 valence electrons. The van der Waals surface area contributed by atoms with Crippen molar-refractivity contribution in [3.8, 4) is 5.75 Å². The summed E-state index contributed by atoms with van der Waals surface area (Å²) in [7, 11) is 0. The molecule has 0 spiro atoms. The van der Waals surface area contributed by atoms with Gasteiger partial charge in [-0.3, -0.25) is 0 Å². The number of alkyl halides is 2. The molecule has 0 fully saturated rings. The van der Waals surface area contributed by atoms with Crippen LogP contribution in [0.4, 0.5) is 13.2 Å². The van der Waals surface area contributed by atoms with Gasteiger partial charge in [-0.05, 0) is 77.6 Å². The molecule has 0 N–H and O–H groups in total. The van der Waals surface area contributed by atoms with Crippen molar-refractivity contribution in [2.75, 3.05) is 0 Å². The molecule has 3 aromatic carbocycles. The van der Waals surface area contributed by atoms with Crippen molar-refractivity contribution >= 4 is 10.8 Å². The van der Waals surface area contributed by atoms with Crippen LogP contribution < -0.4 is 4.74 Å². The van der Waals surface area contributed by atoms with Crippen molar-refractivity contribution in [1.29, 1.82) is 0 Å². The van der Waals surface area contributed by atoms with Gasteiger partial charge in [-0.1, -0.05) is 44.9 Å². The molecule has 0 amide bonds. The molecule has 0 radical (unpaired) electrons. The highest BCUT2D eigenvalue weighted by Gasteiger charge is 2.34. The smallest absolute Gasteiger partial charge is 0.426 e. The summed E-state index contributed by atoms with van der Waals surface area (Å²) in [5.74, 6) is -0.294. The summed E-state index contributed by atoms with van der Waals surface area (Å²) in [6.07, 6.45) is 1.06. The van der Waals surface area contributed by atoms with E-state index in [1.807, 2.05) is 6.92 Å². The van der Waals surface area contributed by atoms with Crippen LogP contribution in [0.15, 0.2) is 54.6 Å². The topological polar surface area (TPSA) is 9.23 Å². The Labute approximate surface area is 164 Å². The Kier molecular flexibility index (Phi) is 6.28. The second-order valence-corrected chi connectivity index (χ2v) is 7.08. The quantitative estimate of drug-likeness (QED) is 0.366. The summed E-state index contributed by atoms with van der Waals surface area (Å²) >= 11 is 0. The first-order chi connectivity index (χ1) is 13.4. The summed E-state index contributed by atoms with van der Waals surface area (Å²) in [5, 5.41) is 1.36. The normalized spacial score (nSPS) is 11.8. The first-order valence-corrected chi connectivity index (χ1v) is 9.81. The summed E-state index contributed by atoms with van der Waals surface area (Å²) < 4.78 is 48.3. The fourth-order valence-corrected chi connectivity index (χ4v) is 3.26. The molecule has 3 aromatic rings. The Morgan fingerprint density at radius 1 is 0.857 bits per heavy atom. The van der Waals surface area contributed by atoms with Crippen LogP contribution in [0.3, 0.4) is 0 Å². The van der Waals surface area contributed by atoms with Crippen LogP contribution in [0.2, 0.25) is 0 Å². The number of aryl methyl sites for hydroxylation is 2. The van der Waals surface area contributed by atoms with Crippen molar-refractivity contribution in [2.24, 2.45) is 0 Å². The minimum atomic E-state index is -3.46. The summed E-state index contributed by atoms with van der Waals surface area (Å²) in [4.78, 5) is 0. The fraction of sp³-hybridized carbons (Fsp3) is 0.333. The standard InChI is InChI=1S/C24H25F3O/c1-3-5-6-7-19-14-18-10-13-22(15-20(18)16-23(19)25)28-24(26,27)21-11-8-17(4-2)9-12-21/h8-16H,3-7H2,1-2H3. The van der Waals surface area contributed by atoms with Crippen molar-refractivity contribution < 1.29 is 17.9 Å². The molecule has 0 saturated carbocycles. The highest BCUT2D eigenvalue weighted by molar-refractivity contribution is 5.84. The lowest BCUT2D eigenvalue weighted by Crippen LogP contribution is -2.21. The monoisotopic (exact) mass is 386 g/mol. The van der Waals surface area contributed by atoms with Crippen LogP contribution in [0, 0.1) is 5.82 Å². The zero-order chi connectivity index (χ0) is 20.1. The van der Waals surface area contributed by atoms with Crippen LogP contribution in [-0.2, 0) is 19.0 Å². The Hall–Kier alpha value is -2.49. The van der Waals surface area contributed by atoms with Crippen molar-refractivity contribution in [3.05, 3.63) is 77.1 Å². The molecule has 0 aliphatic heterocycles. The Balaban J connectivity index is 1.82. The van der Waals surface area contributed by atoms with Crippen LogP contribution in [0.1, 0.15) is 49.8 Å². The average molecular weight is 386 g/mol. The Morgan fingerprint density at radius 2 is 1.61 bits per heavy atom. The van der Waals surface area contributed by atoms with Crippen molar-refractivity contribution in [3.63, 3.8) is 0 Å². The summed E-state index contributed by atoms with van der Waals surface area (Å²) in [5.41, 5.74) is 1.44. The molecule has 0 heterocycles. The zero-order valence-corrected chi connectivity index (χ0v) is 16.3. The van der Waals surface area contributed by atoms with Gasteiger partial charge in [0.1, 0.15) is 11.6 Å². The number of rotatable bonds is 8. The van der Waals surface area contributed by atoms with Gasteiger partial charge in [0.05, 0.1) is 5.56 Å². The van der Waals surface area contributed by atoms with Gasteiger partial charge in [0.15, 0.2) is 0 Å². The lowest BCUT2D eigenvalue weighted by Gasteiger charge is -2.19. The SMILES string of the molecule is CCCCCc1cc2ccc(OC(F)(F)c3ccc(CC)cc3)cc2cc1F. The van der Waals surface area contributed by atoms with Crippen molar-refractivity contribution in [2.45, 2.75) is 52.1 Å². The second-order valence-electron chi connectivity index (χ2n) is 7.08. The number of ether oxygens (including phenoxy) is 1. The number of benzene rings is 3. The maximum Gasteiger partial charge on any atom is 0.426 e. The van der Waals surface area contributed by atoms with E-state index in [-0.39, 0.29) is 17.1 Å². The van der Waals surface area contributed by atoms with E-state index in [0.29, 0.717) is 17.4 Å². The van der Waals surface area contributed by atoms with Gasteiger partial charge in [0, 0.05) is 0 Å². The minimum absolute atomic E-state index is 0.00945. The molecule has 3 rings (SSSR count). The van der Waals surface area contributed by atoms with Gasteiger partial charge < -0.3 is 4.74 Å². The second kappa shape index (κ2) is 8.68. The summed E-state index contributed by atoms with van der Waals surface area (Å²) in [6.45, 7) is 4.07. The van der Waals surface area contributed by atoms with Crippen LogP contribution in [-0.4, -0.2) is 0 Å². The van der Waals surface area contributed by atoms with E-state index in [4.69, 9.17) is 4.74 Å². The third kappa shape index (κ3) is 4.67. The van der Waals surface area contributed by atoms with Gasteiger partial charge in [0.2, 0.25) is 0 Å². The van der Waals surface area contributed by atoms with E-state index in [0.717, 1.165) is 36.6 Å². The number of unbranched alkanes of at least 4 members (excludes halogenated alkanes) is 2. The van der Waals surface area contributed by atoms with Crippen LogP contribution >= 0.6 is 0 Å². The number of hydrogen-bond donors (Lipinski definition) is 0. The molecule has 0 unspecified atom stereocenters. The highest BCUT2D eigenvalue weighted by Crippen LogP contribution is 2.33. The molecular weight excluding hydrogens is 361 g/mol. The van der Waals surface area contributed by atoms with Crippen molar-refractivity contribution in [1.82, 2.24) is 0 Å². The Bertz CT molecular complexity index is 932. The van der Waals surface area contributed by atoms with Crippen LogP contribution in [0.5, 0.6) is 5.75 Å². The predicted molar refractivity (Wildman–Crippen MR) is 107 cm³/mol. The fourth-order valence-electron chi connectivity index (χ4n) is 3.26. The number of fused-ring (bicyclic) bond motifs is 1. The zero-order valence-electron chi connectivity index (χ0n) is 16.3. The molecule has 0 bridgehead atoms. The van der Waals surface area contributed by atoms with Gasteiger partial charge in [-0.2, -0.15) is 8.78 Å². The number of halogens is 3. The van der Waals surface area contributed by atoms with E-state index >= 15 is 0 Å². The maximum absolute atomic E-state index is 14.5. The van der Waals surface area contributed by atoms with E-state index in [2.05, 4.69) is 6.92 Å². The molecule has 0 saturated heterocycles. The molecular formula is C24H25F3O. The van der Waals surface area contributed by atoms with E-state index < -0.39 is 6.11 Å². The molecule has 28 heavy (non-hydrogen) atoms. The third-order valence-corrected chi connectivity index (χ3v) is 4.97. The van der Waals surface area contributed by atoms with Gasteiger partial charge >= 0.3 is 6.11 Å². The maximum atomic E-state index is 14.5. The summed E-state index contributed by atoms with van der Waals surface area (Å²) in [6, 6.07) is 14.0. The molecule has 1 nitrogen and oxygen atoms in total. The highest BCUT2D eigenvalue weighted by atomic mass is 19.3. The molecule has 0 aromatic heterocycles. The molecule has 0 aliphatic rings. The Morgan fingerprint density at radius 3 is 2.29 bits per heavy atom. The molecule has 0 aliphatic carbocycles. The van der Waals surface area contributed by atoms with Gasteiger partial charge in [-0.25, -0.2) is 4.39 Å². The molecule has 4 heteroatoms. The van der Waals surface area contributed by atoms with Crippen LogP contribution in [0.25, 0.3) is 10.8 Å².